The maximum absolute atomic E-state index is 14.3. The van der Waals surface area contributed by atoms with Crippen LogP contribution < -0.4 is 16.0 Å². The number of amides is 1. The highest BCUT2D eigenvalue weighted by Gasteiger charge is 2.50. The molecule has 1 atom stereocenters. The smallest absolute Gasteiger partial charge is 0.293 e. The summed E-state index contributed by atoms with van der Waals surface area (Å²) in [7, 11) is -4.54. The Labute approximate surface area is 299 Å². The average Bonchev–Trinajstić information content (AvgIpc) is 3.57. The van der Waals surface area contributed by atoms with Crippen LogP contribution >= 0.6 is 0 Å². The Kier molecular flexibility index (Phi) is 9.57. The van der Waals surface area contributed by atoms with Crippen molar-refractivity contribution in [3.8, 4) is 0 Å². The van der Waals surface area contributed by atoms with Crippen molar-refractivity contribution in [3.63, 3.8) is 0 Å². The van der Waals surface area contributed by atoms with E-state index in [-0.39, 0.29) is 34.0 Å². The first kappa shape index (κ1) is 35.3. The van der Waals surface area contributed by atoms with Gasteiger partial charge in [-0.05, 0) is 104 Å². The molecule has 13 heteroatoms. The van der Waals surface area contributed by atoms with Gasteiger partial charge in [0.05, 0.1) is 16.6 Å². The monoisotopic (exact) mass is 716 g/mol. The molecule has 4 fully saturated rings. The number of hydrogen-bond acceptors (Lipinski definition) is 10. The van der Waals surface area contributed by atoms with Crippen molar-refractivity contribution in [1.82, 2.24) is 9.88 Å². The van der Waals surface area contributed by atoms with Gasteiger partial charge in [0, 0.05) is 37.8 Å². The van der Waals surface area contributed by atoms with Crippen LogP contribution in [0.1, 0.15) is 98.7 Å². The van der Waals surface area contributed by atoms with Gasteiger partial charge in [-0.15, -0.1) is 0 Å². The van der Waals surface area contributed by atoms with E-state index >= 15 is 0 Å². The Hall–Kier alpha value is -4.07. The fourth-order valence-electron chi connectivity index (χ4n) is 8.98. The number of aromatic nitrogens is 1. The number of para-hydroxylation sites is 1. The molecule has 2 aromatic carbocycles. The van der Waals surface area contributed by atoms with Gasteiger partial charge >= 0.3 is 0 Å². The van der Waals surface area contributed by atoms with E-state index in [4.69, 9.17) is 5.73 Å². The molecule has 1 spiro atoms. The minimum Gasteiger partial charge on any atom is -0.393 e. The number of nitro groups is 1. The highest BCUT2D eigenvalue weighted by atomic mass is 32.2. The number of sulfone groups is 1. The number of benzene rings is 2. The highest BCUT2D eigenvalue weighted by Crippen LogP contribution is 2.54. The molecule has 3 heterocycles. The first-order valence-corrected chi connectivity index (χ1v) is 19.7. The summed E-state index contributed by atoms with van der Waals surface area (Å²) in [6, 6.07) is 16.8. The SMILES string of the molecule is CC(C)c1ccccc1[C@@H]1CCCN1C1CC2(CCN(c3ccc(C(N)=O)c(S(=O)(=O)c4cccc([N+](=O)[O-])c4NCC4CC(O)C4)n3)CC2)C1. The molecule has 4 aliphatic rings. The zero-order valence-electron chi connectivity index (χ0n) is 29.3. The summed E-state index contributed by atoms with van der Waals surface area (Å²) >= 11 is 0. The largest absolute Gasteiger partial charge is 0.393 e. The number of anilines is 2. The normalized spacial score (nSPS) is 23.6. The number of likely N-dealkylation sites (tertiary alicyclic amines) is 1. The zero-order valence-corrected chi connectivity index (χ0v) is 30.1. The average molecular weight is 717 g/mol. The number of nitrogens with one attached hydrogen (secondary N) is 1. The lowest BCUT2D eigenvalue weighted by Crippen LogP contribution is -2.55. The molecule has 2 aliphatic carbocycles. The molecule has 12 nitrogen and oxygen atoms in total. The van der Waals surface area contributed by atoms with E-state index in [1.165, 1.54) is 48.2 Å². The van der Waals surface area contributed by atoms with E-state index in [0.29, 0.717) is 49.8 Å². The van der Waals surface area contributed by atoms with Crippen LogP contribution in [0.25, 0.3) is 0 Å². The quantitative estimate of drug-likeness (QED) is 0.162. The number of nitrogens with two attached hydrogens (primary N) is 1. The first-order chi connectivity index (χ1) is 24.4. The third-order valence-electron chi connectivity index (χ3n) is 11.9. The number of aliphatic hydroxyl groups is 1. The Morgan fingerprint density at radius 1 is 1.08 bits per heavy atom. The summed E-state index contributed by atoms with van der Waals surface area (Å²) < 4.78 is 28.6. The number of carbonyl (C=O) groups excluding carboxylic acids is 1. The van der Waals surface area contributed by atoms with E-state index in [1.54, 1.807) is 6.07 Å². The molecule has 2 saturated heterocycles. The number of hydrogen-bond donors (Lipinski definition) is 3. The standard InChI is InChI=1S/C38H48N6O6S/c1-24(2)28-7-3-4-8-29(28)31-10-6-16-43(31)26-21-38(22-26)14-17-42(18-15-38)34-13-12-30(36(39)46)37(41-34)51(49,50)33-11-5-9-32(44(47)48)35(33)40-23-25-19-27(45)20-25/h3-5,7-9,11-13,24-27,31,40,45H,6,10,14-23H2,1-2H3,(H2,39,46)/t25?,27?,31-/m0/s1. The van der Waals surface area contributed by atoms with Crippen molar-refractivity contribution in [1.29, 1.82) is 0 Å². The van der Waals surface area contributed by atoms with E-state index in [1.807, 2.05) is 0 Å². The van der Waals surface area contributed by atoms with Gasteiger partial charge in [-0.3, -0.25) is 19.8 Å². The van der Waals surface area contributed by atoms with Crippen molar-refractivity contribution in [2.75, 3.05) is 36.4 Å². The van der Waals surface area contributed by atoms with Gasteiger partial charge in [0.1, 0.15) is 16.4 Å². The van der Waals surface area contributed by atoms with Gasteiger partial charge in [0.2, 0.25) is 9.84 Å². The second-order valence-electron chi connectivity index (χ2n) is 15.4. The molecular formula is C38H48N6O6S. The zero-order chi connectivity index (χ0) is 36.1. The molecule has 51 heavy (non-hydrogen) atoms. The van der Waals surface area contributed by atoms with Crippen LogP contribution in [0.5, 0.6) is 0 Å². The predicted octanol–water partition coefficient (Wildman–Crippen LogP) is 5.81. The molecule has 0 bridgehead atoms. The van der Waals surface area contributed by atoms with Crippen molar-refractivity contribution in [2.24, 2.45) is 17.1 Å². The second-order valence-corrected chi connectivity index (χ2v) is 17.2. The third-order valence-corrected chi connectivity index (χ3v) is 13.6. The van der Waals surface area contributed by atoms with Crippen LogP contribution in [-0.2, 0) is 9.84 Å². The maximum Gasteiger partial charge on any atom is 0.293 e. The van der Waals surface area contributed by atoms with Gasteiger partial charge in [-0.1, -0.05) is 44.2 Å². The fraction of sp³-hybridized carbons (Fsp3) is 0.526. The summed E-state index contributed by atoms with van der Waals surface area (Å²) in [6.45, 7) is 7.32. The molecule has 4 N–H and O–H groups in total. The van der Waals surface area contributed by atoms with Crippen LogP contribution in [0, 0.1) is 21.4 Å². The number of primary amides is 1. The Morgan fingerprint density at radius 3 is 2.47 bits per heavy atom. The minimum absolute atomic E-state index is 0.0460. The molecule has 3 aromatic rings. The predicted molar refractivity (Wildman–Crippen MR) is 195 cm³/mol. The van der Waals surface area contributed by atoms with E-state index in [2.05, 4.69) is 58.2 Å². The maximum atomic E-state index is 14.3. The van der Waals surface area contributed by atoms with Crippen molar-refractivity contribution >= 4 is 32.9 Å². The molecule has 272 valence electrons. The second kappa shape index (κ2) is 13.8. The van der Waals surface area contributed by atoms with Gasteiger partial charge in [-0.2, -0.15) is 0 Å². The van der Waals surface area contributed by atoms with Gasteiger partial charge < -0.3 is 21.1 Å². The number of rotatable bonds is 11. The van der Waals surface area contributed by atoms with Gasteiger partial charge in [0.15, 0.2) is 5.03 Å². The molecule has 0 unspecified atom stereocenters. The molecule has 2 saturated carbocycles. The van der Waals surface area contributed by atoms with Crippen LogP contribution in [0.15, 0.2) is 64.5 Å². The summed E-state index contributed by atoms with van der Waals surface area (Å²) in [5.74, 6) is 0.00672. The molecule has 2 aliphatic heterocycles. The lowest BCUT2D eigenvalue weighted by Gasteiger charge is -2.56. The van der Waals surface area contributed by atoms with Crippen molar-refractivity contribution in [2.45, 2.75) is 99.2 Å². The van der Waals surface area contributed by atoms with Crippen LogP contribution in [0.4, 0.5) is 17.2 Å². The Bertz CT molecular complexity index is 1910. The van der Waals surface area contributed by atoms with Crippen LogP contribution in [-0.4, -0.2) is 72.6 Å². The Balaban J connectivity index is 1.08. The van der Waals surface area contributed by atoms with Crippen molar-refractivity contribution < 1.29 is 23.2 Å². The van der Waals surface area contributed by atoms with Gasteiger partial charge in [-0.25, -0.2) is 13.4 Å². The molecule has 1 amide bonds. The summed E-state index contributed by atoms with van der Waals surface area (Å²) in [6.07, 6.45) is 7.24. The number of pyridine rings is 1. The highest BCUT2D eigenvalue weighted by molar-refractivity contribution is 7.91. The van der Waals surface area contributed by atoms with E-state index in [0.717, 1.165) is 32.2 Å². The summed E-state index contributed by atoms with van der Waals surface area (Å²) in [4.78, 5) is 32.9. The number of aliphatic hydroxyl groups excluding tert-OH is 1. The lowest BCUT2D eigenvalue weighted by atomic mass is 9.60. The van der Waals surface area contributed by atoms with Crippen LogP contribution in [0.3, 0.4) is 0 Å². The topological polar surface area (TPSA) is 172 Å². The van der Waals surface area contributed by atoms with Crippen molar-refractivity contribution in [3.05, 3.63) is 81.4 Å². The number of nitro benzene ring substituents is 1. The molecule has 1 aromatic heterocycles. The molecule has 7 rings (SSSR count). The third kappa shape index (κ3) is 6.71. The first-order valence-electron chi connectivity index (χ1n) is 18.2. The van der Waals surface area contributed by atoms with Gasteiger partial charge in [0.25, 0.3) is 11.6 Å². The van der Waals surface area contributed by atoms with E-state index in [9.17, 15) is 28.4 Å². The number of piperidine rings is 1. The Morgan fingerprint density at radius 2 is 1.80 bits per heavy atom. The number of carbonyl (C=O) groups is 1. The van der Waals surface area contributed by atoms with E-state index < -0.39 is 37.5 Å². The molecular weight excluding hydrogens is 669 g/mol. The minimum atomic E-state index is -4.54. The summed E-state index contributed by atoms with van der Waals surface area (Å²) in [5.41, 5.74) is 7.98. The lowest BCUT2D eigenvalue weighted by molar-refractivity contribution is -0.384. The molecule has 0 radical (unpaired) electrons. The van der Waals surface area contributed by atoms with Crippen LogP contribution in [0.2, 0.25) is 0 Å². The number of nitrogens with zero attached hydrogens (tertiary/aromatic N) is 4. The fourth-order valence-corrected chi connectivity index (χ4v) is 10.6. The summed E-state index contributed by atoms with van der Waals surface area (Å²) in [5, 5.41) is 24.1.